The van der Waals surface area contributed by atoms with Crippen LogP contribution in [0.1, 0.15) is 11.3 Å². The van der Waals surface area contributed by atoms with E-state index < -0.39 is 0 Å². The lowest BCUT2D eigenvalue weighted by molar-refractivity contribution is 0.804. The smallest absolute Gasteiger partial charge is 0.0629 e. The number of hydrogen-bond acceptors (Lipinski definition) is 0. The van der Waals surface area contributed by atoms with E-state index in [2.05, 4.69) is 63.8 Å². The van der Waals surface area contributed by atoms with Gasteiger partial charge in [-0.3, -0.25) is 0 Å². The van der Waals surface area contributed by atoms with Crippen LogP contribution in [-0.2, 0) is 6.54 Å². The number of nitrogens with zero attached hydrogens (tertiary/aromatic N) is 1. The van der Waals surface area contributed by atoms with E-state index in [1.54, 1.807) is 0 Å². The third-order valence-corrected chi connectivity index (χ3v) is 4.22. The molecule has 0 fully saturated rings. The lowest BCUT2D eigenvalue weighted by Crippen LogP contribution is -2.01. The number of halogens is 2. The molecule has 2 aromatic carbocycles. The largest absolute Gasteiger partial charge is 0.340 e. The van der Waals surface area contributed by atoms with Crippen LogP contribution in [0.15, 0.2) is 53.0 Å². The Hall–Kier alpha value is -1.25. The molecule has 0 aliphatic rings. The summed E-state index contributed by atoms with van der Waals surface area (Å²) in [7, 11) is 0. The van der Waals surface area contributed by atoms with Gasteiger partial charge in [0, 0.05) is 27.1 Å². The fourth-order valence-electron chi connectivity index (χ4n) is 2.39. The zero-order chi connectivity index (χ0) is 13.4. The topological polar surface area (TPSA) is 4.93 Å². The maximum absolute atomic E-state index is 5.93. The number of hydrogen-bond donors (Lipinski definition) is 0. The van der Waals surface area contributed by atoms with Gasteiger partial charge in [0.15, 0.2) is 0 Å². The van der Waals surface area contributed by atoms with Gasteiger partial charge in [-0.05, 0) is 52.7 Å². The lowest BCUT2D eigenvalue weighted by atomic mass is 10.2. The van der Waals surface area contributed by atoms with Crippen molar-refractivity contribution in [2.75, 3.05) is 0 Å². The van der Waals surface area contributed by atoms with Crippen molar-refractivity contribution in [1.82, 2.24) is 4.57 Å². The highest BCUT2D eigenvalue weighted by Crippen LogP contribution is 2.28. The first-order valence-electron chi connectivity index (χ1n) is 6.14. The Bertz CT molecular complexity index is 728. The molecule has 3 aromatic rings. The predicted octanol–water partition coefficient (Wildman–Crippen LogP) is 5.41. The first-order chi connectivity index (χ1) is 9.15. The minimum atomic E-state index is 0.777. The molecule has 0 radical (unpaired) electrons. The molecule has 1 aromatic heterocycles. The SMILES string of the molecule is Cc1cc2cccc(Br)c2n1Cc1ccc(Cl)cc1. The Morgan fingerprint density at radius 3 is 2.58 bits per heavy atom. The number of rotatable bonds is 2. The van der Waals surface area contributed by atoms with Crippen LogP contribution in [0.3, 0.4) is 0 Å². The second-order valence-electron chi connectivity index (χ2n) is 4.68. The van der Waals surface area contributed by atoms with Gasteiger partial charge in [0.2, 0.25) is 0 Å². The van der Waals surface area contributed by atoms with Crippen LogP contribution < -0.4 is 0 Å². The Morgan fingerprint density at radius 1 is 1.11 bits per heavy atom. The molecule has 0 unspecified atom stereocenters. The van der Waals surface area contributed by atoms with Gasteiger partial charge < -0.3 is 4.57 Å². The van der Waals surface area contributed by atoms with E-state index in [0.717, 1.165) is 16.0 Å². The number of benzene rings is 2. The molecule has 96 valence electrons. The molecule has 0 amide bonds. The molecule has 0 bridgehead atoms. The maximum Gasteiger partial charge on any atom is 0.0629 e. The second kappa shape index (κ2) is 5.03. The first kappa shape index (κ1) is 12.8. The van der Waals surface area contributed by atoms with Gasteiger partial charge in [0.05, 0.1) is 5.52 Å². The highest BCUT2D eigenvalue weighted by atomic mass is 79.9. The molecule has 0 saturated carbocycles. The van der Waals surface area contributed by atoms with Gasteiger partial charge in [0.25, 0.3) is 0 Å². The van der Waals surface area contributed by atoms with Crippen molar-refractivity contribution in [3.63, 3.8) is 0 Å². The molecule has 0 atom stereocenters. The van der Waals surface area contributed by atoms with Crippen LogP contribution in [0, 0.1) is 6.92 Å². The van der Waals surface area contributed by atoms with E-state index >= 15 is 0 Å². The summed E-state index contributed by atoms with van der Waals surface area (Å²) in [6.07, 6.45) is 0. The molecule has 19 heavy (non-hydrogen) atoms. The summed E-state index contributed by atoms with van der Waals surface area (Å²) < 4.78 is 3.45. The van der Waals surface area contributed by atoms with Crippen LogP contribution in [0.4, 0.5) is 0 Å². The summed E-state index contributed by atoms with van der Waals surface area (Å²) in [4.78, 5) is 0. The third-order valence-electron chi connectivity index (χ3n) is 3.33. The van der Waals surface area contributed by atoms with Gasteiger partial charge in [-0.1, -0.05) is 35.9 Å². The maximum atomic E-state index is 5.93. The summed E-state index contributed by atoms with van der Waals surface area (Å²) in [6, 6.07) is 16.5. The van der Waals surface area contributed by atoms with E-state index in [0.29, 0.717) is 0 Å². The Labute approximate surface area is 125 Å². The van der Waals surface area contributed by atoms with Crippen molar-refractivity contribution < 1.29 is 0 Å². The van der Waals surface area contributed by atoms with E-state index in [-0.39, 0.29) is 0 Å². The normalized spacial score (nSPS) is 11.1. The number of aromatic nitrogens is 1. The van der Waals surface area contributed by atoms with E-state index in [1.807, 2.05) is 12.1 Å². The van der Waals surface area contributed by atoms with E-state index in [1.165, 1.54) is 22.2 Å². The van der Waals surface area contributed by atoms with Crippen LogP contribution in [0.2, 0.25) is 5.02 Å². The first-order valence-corrected chi connectivity index (χ1v) is 7.31. The summed E-state index contributed by atoms with van der Waals surface area (Å²) in [5, 5.41) is 2.04. The molecule has 0 aliphatic heterocycles. The summed E-state index contributed by atoms with van der Waals surface area (Å²) in [5.41, 5.74) is 3.76. The molecule has 3 rings (SSSR count). The summed E-state index contributed by atoms with van der Waals surface area (Å²) in [6.45, 7) is 3.00. The molecule has 3 heteroatoms. The zero-order valence-corrected chi connectivity index (χ0v) is 12.9. The van der Waals surface area contributed by atoms with Crippen LogP contribution >= 0.6 is 27.5 Å². The van der Waals surface area contributed by atoms with Gasteiger partial charge in [-0.2, -0.15) is 0 Å². The highest BCUT2D eigenvalue weighted by Gasteiger charge is 2.08. The fraction of sp³-hybridized carbons (Fsp3) is 0.125. The van der Waals surface area contributed by atoms with Crippen LogP contribution in [-0.4, -0.2) is 4.57 Å². The molecule has 0 aliphatic carbocycles. The van der Waals surface area contributed by atoms with Crippen LogP contribution in [0.5, 0.6) is 0 Å². The fourth-order valence-corrected chi connectivity index (χ4v) is 3.11. The van der Waals surface area contributed by atoms with E-state index in [9.17, 15) is 0 Å². The lowest BCUT2D eigenvalue weighted by Gasteiger charge is -2.10. The average Bonchev–Trinajstić information content (AvgIpc) is 2.70. The van der Waals surface area contributed by atoms with Crippen molar-refractivity contribution in [2.24, 2.45) is 0 Å². The van der Waals surface area contributed by atoms with Gasteiger partial charge in [-0.25, -0.2) is 0 Å². The Kier molecular flexibility index (Phi) is 3.38. The predicted molar refractivity (Wildman–Crippen MR) is 84.9 cm³/mol. The summed E-state index contributed by atoms with van der Waals surface area (Å²) >= 11 is 9.57. The molecule has 1 nitrogen and oxygen atoms in total. The molecular weight excluding hydrogens is 322 g/mol. The zero-order valence-electron chi connectivity index (χ0n) is 10.5. The number of fused-ring (bicyclic) bond motifs is 1. The van der Waals surface area contributed by atoms with Gasteiger partial charge in [-0.15, -0.1) is 0 Å². The van der Waals surface area contributed by atoms with Crippen molar-refractivity contribution in [3.05, 3.63) is 69.3 Å². The standard InChI is InChI=1S/C16H13BrClN/c1-11-9-13-3-2-4-15(17)16(13)19(11)10-12-5-7-14(18)8-6-12/h2-9H,10H2,1H3. The number of para-hydroxylation sites is 1. The van der Waals surface area contributed by atoms with Gasteiger partial charge >= 0.3 is 0 Å². The van der Waals surface area contributed by atoms with Crippen LogP contribution in [0.25, 0.3) is 10.9 Å². The monoisotopic (exact) mass is 333 g/mol. The van der Waals surface area contributed by atoms with Crippen molar-refractivity contribution in [3.8, 4) is 0 Å². The highest BCUT2D eigenvalue weighted by molar-refractivity contribution is 9.10. The average molecular weight is 335 g/mol. The Morgan fingerprint density at radius 2 is 1.84 bits per heavy atom. The molecule has 0 N–H and O–H groups in total. The second-order valence-corrected chi connectivity index (χ2v) is 5.97. The molecular formula is C16H13BrClN. The van der Waals surface area contributed by atoms with Gasteiger partial charge in [0.1, 0.15) is 0 Å². The Balaban J connectivity index is 2.09. The molecule has 0 saturated heterocycles. The van der Waals surface area contributed by atoms with Crippen molar-refractivity contribution >= 4 is 38.4 Å². The third kappa shape index (κ3) is 2.43. The quantitative estimate of drug-likeness (QED) is 0.590. The van der Waals surface area contributed by atoms with Crippen molar-refractivity contribution in [1.29, 1.82) is 0 Å². The van der Waals surface area contributed by atoms with E-state index in [4.69, 9.17) is 11.6 Å². The minimum absolute atomic E-state index is 0.777. The number of aryl methyl sites for hydroxylation is 1. The molecule has 1 heterocycles. The molecule has 0 spiro atoms. The summed E-state index contributed by atoms with van der Waals surface area (Å²) in [5.74, 6) is 0. The minimum Gasteiger partial charge on any atom is -0.340 e. The van der Waals surface area contributed by atoms with Crippen molar-refractivity contribution in [2.45, 2.75) is 13.5 Å².